The Labute approximate surface area is 162 Å². The van der Waals surface area contributed by atoms with Crippen molar-refractivity contribution >= 4 is 29.2 Å². The van der Waals surface area contributed by atoms with Gasteiger partial charge in [-0.05, 0) is 50.3 Å². The fraction of sp³-hybridized carbons (Fsp3) is 0.0870. The van der Waals surface area contributed by atoms with Gasteiger partial charge in [0, 0.05) is 11.1 Å². The molecule has 4 rings (SSSR count). The number of benzene rings is 2. The fourth-order valence-electron chi connectivity index (χ4n) is 3.05. The van der Waals surface area contributed by atoms with Gasteiger partial charge in [-0.25, -0.2) is 0 Å². The maximum absolute atomic E-state index is 12.8. The number of nitrogens with zero attached hydrogens (tertiary/aromatic N) is 2. The van der Waals surface area contributed by atoms with Crippen molar-refractivity contribution in [2.75, 3.05) is 5.01 Å². The maximum Gasteiger partial charge on any atom is 0.280 e. The third-order valence-electron chi connectivity index (χ3n) is 4.53. The van der Waals surface area contributed by atoms with E-state index < -0.39 is 0 Å². The van der Waals surface area contributed by atoms with Crippen molar-refractivity contribution in [2.24, 2.45) is 5.10 Å². The lowest BCUT2D eigenvalue weighted by atomic mass is 10.1. The van der Waals surface area contributed by atoms with Crippen LogP contribution in [-0.4, -0.2) is 17.4 Å². The molecule has 0 saturated heterocycles. The van der Waals surface area contributed by atoms with Gasteiger partial charge in [0.1, 0.15) is 11.5 Å². The van der Waals surface area contributed by atoms with E-state index in [-0.39, 0.29) is 11.7 Å². The van der Waals surface area contributed by atoms with Gasteiger partial charge in [0.25, 0.3) is 5.91 Å². The third kappa shape index (κ3) is 3.30. The van der Waals surface area contributed by atoms with Crippen LogP contribution in [0.5, 0.6) is 0 Å². The summed E-state index contributed by atoms with van der Waals surface area (Å²) in [7, 11) is 0. The molecule has 0 bridgehead atoms. The fourth-order valence-corrected chi connectivity index (χ4v) is 3.05. The predicted octanol–water partition coefficient (Wildman–Crippen LogP) is 4.96. The van der Waals surface area contributed by atoms with Crippen molar-refractivity contribution in [3.63, 3.8) is 0 Å². The molecule has 1 aliphatic rings. The smallest absolute Gasteiger partial charge is 0.280 e. The summed E-state index contributed by atoms with van der Waals surface area (Å²) in [6.07, 6.45) is 1.70. The van der Waals surface area contributed by atoms with Crippen LogP contribution in [0.4, 0.5) is 5.69 Å². The molecule has 0 aliphatic carbocycles. The molecule has 28 heavy (non-hydrogen) atoms. The van der Waals surface area contributed by atoms with E-state index in [9.17, 15) is 9.59 Å². The summed E-state index contributed by atoms with van der Waals surface area (Å²) in [6.45, 7) is 3.33. The van der Waals surface area contributed by atoms with Crippen LogP contribution in [0.15, 0.2) is 81.8 Å². The Balaban J connectivity index is 1.62. The largest absolute Gasteiger partial charge is 0.457 e. The highest BCUT2D eigenvalue weighted by atomic mass is 16.3. The van der Waals surface area contributed by atoms with Crippen LogP contribution in [0, 0.1) is 0 Å². The molecule has 0 unspecified atom stereocenters. The molecule has 5 nitrogen and oxygen atoms in total. The van der Waals surface area contributed by atoms with Gasteiger partial charge in [-0.2, -0.15) is 10.1 Å². The number of amides is 1. The zero-order chi connectivity index (χ0) is 19.7. The molecule has 0 atom stereocenters. The quantitative estimate of drug-likeness (QED) is 0.482. The number of Topliss-reactive ketones (excluding diaryl/α,β-unsaturated/α-hetero) is 1. The van der Waals surface area contributed by atoms with Gasteiger partial charge in [-0.15, -0.1) is 0 Å². The van der Waals surface area contributed by atoms with E-state index in [1.807, 2.05) is 48.5 Å². The molecule has 5 heteroatoms. The first kappa shape index (κ1) is 17.7. The molecule has 1 aromatic heterocycles. The number of hydrazone groups is 1. The summed E-state index contributed by atoms with van der Waals surface area (Å²) in [5.74, 6) is 0.992. The summed E-state index contributed by atoms with van der Waals surface area (Å²) < 4.78 is 5.89. The molecule has 2 heterocycles. The number of rotatable bonds is 4. The second kappa shape index (κ2) is 7.12. The van der Waals surface area contributed by atoms with Crippen LogP contribution in [0.25, 0.3) is 17.4 Å². The predicted molar refractivity (Wildman–Crippen MR) is 109 cm³/mol. The average molecular weight is 370 g/mol. The van der Waals surface area contributed by atoms with E-state index >= 15 is 0 Å². The molecule has 0 spiro atoms. The molecule has 2 aromatic carbocycles. The summed E-state index contributed by atoms with van der Waals surface area (Å²) >= 11 is 0. The first-order chi connectivity index (χ1) is 13.5. The van der Waals surface area contributed by atoms with E-state index in [0.29, 0.717) is 28.4 Å². The van der Waals surface area contributed by atoms with Gasteiger partial charge < -0.3 is 4.42 Å². The Morgan fingerprint density at radius 3 is 2.57 bits per heavy atom. The zero-order valence-corrected chi connectivity index (χ0v) is 15.5. The highest BCUT2D eigenvalue weighted by Crippen LogP contribution is 2.27. The second-order valence-corrected chi connectivity index (χ2v) is 6.53. The highest BCUT2D eigenvalue weighted by molar-refractivity contribution is 6.32. The molecule has 0 fully saturated rings. The lowest BCUT2D eigenvalue weighted by Gasteiger charge is -2.10. The standard InChI is InChI=1S/C23H18N2O3/c1-15-21(23(27)25(24-15)19-9-4-3-5-10-19)14-20-11-12-22(28-20)18-8-6-7-17(13-18)16(2)26/h3-14H,1-2H3/b21-14-. The van der Waals surface area contributed by atoms with Crippen molar-refractivity contribution in [2.45, 2.75) is 13.8 Å². The summed E-state index contributed by atoms with van der Waals surface area (Å²) in [5, 5.41) is 5.76. The molecular formula is C23H18N2O3. The van der Waals surface area contributed by atoms with Crippen LogP contribution in [-0.2, 0) is 4.79 Å². The zero-order valence-electron chi connectivity index (χ0n) is 15.5. The van der Waals surface area contributed by atoms with E-state index in [4.69, 9.17) is 4.42 Å². The number of ketones is 1. The molecule has 0 radical (unpaired) electrons. The Hall–Kier alpha value is -3.73. The number of para-hydroxylation sites is 1. The van der Waals surface area contributed by atoms with Gasteiger partial charge in [0.05, 0.1) is 17.0 Å². The number of carbonyl (C=O) groups is 2. The summed E-state index contributed by atoms with van der Waals surface area (Å²) in [6, 6.07) is 20.2. The van der Waals surface area contributed by atoms with Gasteiger partial charge in [0.2, 0.25) is 0 Å². The van der Waals surface area contributed by atoms with Gasteiger partial charge >= 0.3 is 0 Å². The number of furan rings is 1. The topological polar surface area (TPSA) is 62.9 Å². The Bertz CT molecular complexity index is 1120. The first-order valence-electron chi connectivity index (χ1n) is 8.91. The van der Waals surface area contributed by atoms with Crippen molar-refractivity contribution in [3.8, 4) is 11.3 Å². The van der Waals surface area contributed by atoms with E-state index in [1.165, 1.54) is 11.9 Å². The second-order valence-electron chi connectivity index (χ2n) is 6.53. The minimum atomic E-state index is -0.194. The average Bonchev–Trinajstić information content (AvgIpc) is 3.29. The lowest BCUT2D eigenvalue weighted by Crippen LogP contribution is -2.21. The molecule has 138 valence electrons. The van der Waals surface area contributed by atoms with Crippen molar-refractivity contribution < 1.29 is 14.0 Å². The van der Waals surface area contributed by atoms with Crippen LogP contribution in [0.3, 0.4) is 0 Å². The Morgan fingerprint density at radius 2 is 1.82 bits per heavy atom. The van der Waals surface area contributed by atoms with Crippen molar-refractivity contribution in [3.05, 3.63) is 83.6 Å². The molecule has 1 amide bonds. The van der Waals surface area contributed by atoms with Crippen molar-refractivity contribution in [1.82, 2.24) is 0 Å². The molecule has 3 aromatic rings. The van der Waals surface area contributed by atoms with E-state index in [2.05, 4.69) is 5.10 Å². The minimum absolute atomic E-state index is 0.000129. The van der Waals surface area contributed by atoms with Crippen LogP contribution in [0.2, 0.25) is 0 Å². The van der Waals surface area contributed by atoms with Crippen LogP contribution < -0.4 is 5.01 Å². The number of carbonyl (C=O) groups excluding carboxylic acids is 2. The number of hydrogen-bond donors (Lipinski definition) is 0. The molecule has 1 aliphatic heterocycles. The maximum atomic E-state index is 12.8. The Kier molecular flexibility index (Phi) is 4.49. The van der Waals surface area contributed by atoms with E-state index in [1.54, 1.807) is 31.2 Å². The highest BCUT2D eigenvalue weighted by Gasteiger charge is 2.28. The van der Waals surface area contributed by atoms with Crippen LogP contribution >= 0.6 is 0 Å². The molecule has 0 saturated carbocycles. The molecule has 0 N–H and O–H groups in total. The van der Waals surface area contributed by atoms with Gasteiger partial charge in [0.15, 0.2) is 5.78 Å². The summed E-state index contributed by atoms with van der Waals surface area (Å²) in [5.41, 5.74) is 3.27. The Morgan fingerprint density at radius 1 is 1.04 bits per heavy atom. The summed E-state index contributed by atoms with van der Waals surface area (Å²) in [4.78, 5) is 24.4. The monoisotopic (exact) mass is 370 g/mol. The lowest BCUT2D eigenvalue weighted by molar-refractivity contribution is -0.114. The van der Waals surface area contributed by atoms with Crippen LogP contribution in [0.1, 0.15) is 30.0 Å². The van der Waals surface area contributed by atoms with Gasteiger partial charge in [-0.1, -0.05) is 36.4 Å². The minimum Gasteiger partial charge on any atom is -0.457 e. The van der Waals surface area contributed by atoms with E-state index in [0.717, 1.165) is 11.3 Å². The van der Waals surface area contributed by atoms with Crippen molar-refractivity contribution in [1.29, 1.82) is 0 Å². The third-order valence-corrected chi connectivity index (χ3v) is 4.53. The van der Waals surface area contributed by atoms with Gasteiger partial charge in [-0.3, -0.25) is 9.59 Å². The first-order valence-corrected chi connectivity index (χ1v) is 8.91. The normalized spacial score (nSPS) is 15.2. The SMILES string of the molecule is CC(=O)c1cccc(-c2ccc(/C=C3\C(=O)N(c4ccccc4)N=C3C)o2)c1. The molecular weight excluding hydrogens is 352 g/mol. The number of anilines is 1. The number of hydrogen-bond acceptors (Lipinski definition) is 4.